The van der Waals surface area contributed by atoms with Crippen molar-refractivity contribution in [2.45, 2.75) is 277 Å². The van der Waals surface area contributed by atoms with Gasteiger partial charge in [0, 0.05) is 93.0 Å². The van der Waals surface area contributed by atoms with E-state index in [1.807, 2.05) is 184 Å². The van der Waals surface area contributed by atoms with Crippen molar-refractivity contribution in [3.8, 4) is 0 Å². The Morgan fingerprint density at radius 3 is 0.521 bits per heavy atom. The summed E-state index contributed by atoms with van der Waals surface area (Å²) in [5.41, 5.74) is 0. The molecule has 0 bridgehead atoms. The van der Waals surface area contributed by atoms with E-state index in [9.17, 15) is 0 Å². The average molecular weight is 1320 g/mol. The number of hydrogen-bond acceptors (Lipinski definition) is 12. The number of nitrogens with zero attached hydrogens (tertiary/aromatic N) is 12. The Morgan fingerprint density at radius 1 is 0.191 bits per heavy atom. The van der Waals surface area contributed by atoms with E-state index in [0.717, 1.165) is 47.3 Å². The van der Waals surface area contributed by atoms with E-state index in [4.69, 9.17) is 0 Å². The Labute approximate surface area is 588 Å². The number of pyridine rings is 1. The average Bonchev–Trinajstić information content (AvgIpc) is 4.44. The Balaban J connectivity index is -0.0000000488. The van der Waals surface area contributed by atoms with Crippen LogP contribution in [-0.4, -0.2) is 70.5 Å². The number of benzene rings is 1. The fourth-order valence-electron chi connectivity index (χ4n) is 2.09. The number of hydrogen-bond donors (Lipinski definition) is 2. The highest BCUT2D eigenvalue weighted by Crippen LogP contribution is 1.85. The molecule has 8 rings (SSSR count). The second-order valence-electron chi connectivity index (χ2n) is 21.1. The van der Waals surface area contributed by atoms with Gasteiger partial charge in [0.2, 0.25) is 0 Å². The zero-order chi connectivity index (χ0) is 77.1. The van der Waals surface area contributed by atoms with Crippen molar-refractivity contribution in [1.82, 2.24) is 70.5 Å². The first-order chi connectivity index (χ1) is 44.9. The first-order valence-corrected chi connectivity index (χ1v) is 35.3. The fourth-order valence-corrected chi connectivity index (χ4v) is 2.09. The zero-order valence-electron chi connectivity index (χ0n) is 69.5. The van der Waals surface area contributed by atoms with Crippen LogP contribution in [0.3, 0.4) is 0 Å². The predicted molar refractivity (Wildman–Crippen MR) is 429 cm³/mol. The summed E-state index contributed by atoms with van der Waals surface area (Å²) < 4.78 is 0. The Morgan fingerprint density at radius 2 is 0.436 bits per heavy atom. The molecule has 8 aromatic rings. The molecule has 0 fully saturated rings. The summed E-state index contributed by atoms with van der Waals surface area (Å²) in [6.07, 6.45) is 31.2. The van der Waals surface area contributed by atoms with Crippen LogP contribution in [0.15, 0.2) is 197 Å². The first-order valence-electron chi connectivity index (χ1n) is 35.3. The maximum Gasteiger partial charge on any atom is 0.138 e. The number of imidazole rings is 1. The highest BCUT2D eigenvalue weighted by molar-refractivity contribution is 4.99. The van der Waals surface area contributed by atoms with Gasteiger partial charge < -0.3 is 4.98 Å². The third kappa shape index (κ3) is 394. The van der Waals surface area contributed by atoms with Crippen LogP contribution in [0.5, 0.6) is 0 Å². The van der Waals surface area contributed by atoms with Crippen LogP contribution in [-0.2, 0) is 0 Å². The molecule has 0 aliphatic carbocycles. The molecule has 0 aliphatic heterocycles. The minimum atomic E-state index is 0.833. The van der Waals surface area contributed by atoms with Gasteiger partial charge in [-0.1, -0.05) is 319 Å². The molecule has 552 valence electrons. The fraction of sp³-hybridized carbons (Fsp3) is 0.600. The summed E-state index contributed by atoms with van der Waals surface area (Å²) in [5.74, 6) is 6.67. The van der Waals surface area contributed by atoms with E-state index in [1.165, 1.54) is 18.9 Å². The van der Waals surface area contributed by atoms with Gasteiger partial charge in [0.1, 0.15) is 12.7 Å². The number of aromatic amines is 2. The van der Waals surface area contributed by atoms with E-state index in [-0.39, 0.29) is 0 Å². The molecule has 7 aromatic heterocycles. The Hall–Kier alpha value is -6.96. The molecule has 94 heavy (non-hydrogen) atoms. The van der Waals surface area contributed by atoms with Crippen LogP contribution >= 0.6 is 0 Å². The topological polar surface area (TPSA) is 186 Å². The minimum Gasteiger partial charge on any atom is -0.351 e. The quantitative estimate of drug-likeness (QED) is 0.147. The lowest BCUT2D eigenvalue weighted by Gasteiger charge is -1.79. The number of nitrogens with one attached hydrogen (secondary N) is 2. The van der Waals surface area contributed by atoms with E-state index >= 15 is 0 Å². The second kappa shape index (κ2) is 157. The Kier molecular flexibility index (Phi) is 213. The van der Waals surface area contributed by atoms with Crippen LogP contribution in [0.1, 0.15) is 277 Å². The monoisotopic (exact) mass is 1320 g/mol. The molecule has 0 saturated heterocycles. The molecule has 14 nitrogen and oxygen atoms in total. The lowest BCUT2D eigenvalue weighted by molar-refractivity contribution is 0.736. The van der Waals surface area contributed by atoms with Crippen molar-refractivity contribution in [1.29, 1.82) is 0 Å². The van der Waals surface area contributed by atoms with Gasteiger partial charge in [0.05, 0.1) is 12.5 Å². The molecule has 0 radical (unpaired) electrons. The predicted octanol–water partition coefficient (Wildman–Crippen LogP) is 26.4. The van der Waals surface area contributed by atoms with Crippen LogP contribution in [0.25, 0.3) is 0 Å². The summed E-state index contributed by atoms with van der Waals surface area (Å²) in [6.45, 7) is 84.0. The van der Waals surface area contributed by atoms with Crippen molar-refractivity contribution in [3.05, 3.63) is 197 Å². The summed E-state index contributed by atoms with van der Waals surface area (Å²) in [4.78, 5) is 28.6. The van der Waals surface area contributed by atoms with Crippen molar-refractivity contribution in [2.75, 3.05) is 0 Å². The molecule has 0 saturated carbocycles. The maximum absolute atomic E-state index is 3.78. The van der Waals surface area contributed by atoms with Gasteiger partial charge in [0.15, 0.2) is 0 Å². The van der Waals surface area contributed by atoms with Gasteiger partial charge in [-0.05, 0) is 83.7 Å². The SMILES string of the molecule is CC.CC.CC.CC.CC.CC.CC.CC.CC(C)C.CC(C)C.CC(C)C.CC(C)C.CC(C)C.CC(C)C.CC(C)C.CC(C)C.c1c[nH]cn1.c1ccccc1.c1ccncc1.c1ccnnc1.c1cn[nH]c1.c1cnccn1.c1cncnc1.c1cnncn1. The zero-order valence-corrected chi connectivity index (χ0v) is 69.5. The molecule has 0 atom stereocenters. The summed E-state index contributed by atoms with van der Waals surface area (Å²) in [6, 6.07) is 25.0. The van der Waals surface area contributed by atoms with Gasteiger partial charge in [-0.15, -0.1) is 5.10 Å². The van der Waals surface area contributed by atoms with E-state index in [0.29, 0.717) is 0 Å². The van der Waals surface area contributed by atoms with Crippen molar-refractivity contribution >= 4 is 0 Å². The molecule has 0 spiro atoms. The lowest BCUT2D eigenvalue weighted by Crippen LogP contribution is -1.75. The van der Waals surface area contributed by atoms with Gasteiger partial charge in [-0.2, -0.15) is 20.4 Å². The van der Waals surface area contributed by atoms with E-state index in [2.05, 4.69) is 237 Å². The third-order valence-electron chi connectivity index (χ3n) is 3.89. The standard InChI is InChI=1S/C6H6.C5H5N.3C4H4N2.8C4H10.C3H3N3.2C3H4N2.8C2H6/c2*1-2-4-6-5-3-1;1-2-6-4-3-5-1;1-2-5-4-6-3-1;1-2-4-6-5-3-1;8*1-4(2)3;1-2-5-6-3-4-1;1-2-5-3-4-1;1-2-4-5-3-1;8*1-2/h1-6H;1-5H;3*1-4H;8*4H,1-3H3;1-3H;2*1-3H,(H,4,5);8*1-2H3. The normalized spacial score (nSPS) is 7.49. The maximum atomic E-state index is 3.78. The number of rotatable bonds is 0. The van der Waals surface area contributed by atoms with Gasteiger partial charge in [0.25, 0.3) is 0 Å². The molecule has 7 heterocycles. The second-order valence-corrected chi connectivity index (χ2v) is 21.1. The molecule has 1 aromatic carbocycles. The lowest BCUT2D eigenvalue weighted by atomic mass is 10.3. The summed E-state index contributed by atoms with van der Waals surface area (Å²) in [7, 11) is 0. The van der Waals surface area contributed by atoms with Gasteiger partial charge in [-0.3, -0.25) is 20.1 Å². The molecular weight excluding hydrogens is 1160 g/mol. The largest absolute Gasteiger partial charge is 0.351 e. The molecular formula is C80H162N14. The molecule has 0 amide bonds. The van der Waals surface area contributed by atoms with Crippen LogP contribution < -0.4 is 0 Å². The van der Waals surface area contributed by atoms with Gasteiger partial charge >= 0.3 is 0 Å². The van der Waals surface area contributed by atoms with Crippen LogP contribution in [0.2, 0.25) is 0 Å². The third-order valence-corrected chi connectivity index (χ3v) is 3.89. The van der Waals surface area contributed by atoms with E-state index in [1.54, 1.807) is 105 Å². The summed E-state index contributed by atoms with van der Waals surface area (Å²) >= 11 is 0. The number of aromatic nitrogens is 14. The van der Waals surface area contributed by atoms with Crippen molar-refractivity contribution in [3.63, 3.8) is 0 Å². The first kappa shape index (κ1) is 128. The molecule has 0 aliphatic rings. The van der Waals surface area contributed by atoms with Crippen molar-refractivity contribution in [2.24, 2.45) is 47.3 Å². The van der Waals surface area contributed by atoms with Crippen LogP contribution in [0, 0.1) is 47.3 Å². The molecule has 14 heteroatoms. The van der Waals surface area contributed by atoms with Crippen molar-refractivity contribution < 1.29 is 0 Å². The number of H-pyrrole nitrogens is 2. The highest BCUT2D eigenvalue weighted by atomic mass is 15.1. The van der Waals surface area contributed by atoms with Gasteiger partial charge in [-0.25, -0.2) is 19.9 Å². The summed E-state index contributed by atoms with van der Waals surface area (Å²) in [5, 5.41) is 20.2. The molecule has 2 N–H and O–H groups in total. The van der Waals surface area contributed by atoms with E-state index < -0.39 is 0 Å². The Bertz CT molecular complexity index is 1350. The minimum absolute atomic E-state index is 0.833. The highest BCUT2D eigenvalue weighted by Gasteiger charge is 1.72. The smallest absolute Gasteiger partial charge is 0.138 e. The molecule has 0 unspecified atom stereocenters. The van der Waals surface area contributed by atoms with Crippen LogP contribution in [0.4, 0.5) is 0 Å².